The van der Waals surface area contributed by atoms with Gasteiger partial charge in [0.25, 0.3) is 0 Å². The molecule has 0 saturated carbocycles. The van der Waals surface area contributed by atoms with Crippen molar-refractivity contribution in [2.24, 2.45) is 0 Å². The molecule has 27 heavy (non-hydrogen) atoms. The zero-order valence-electron chi connectivity index (χ0n) is 16.6. The van der Waals surface area contributed by atoms with E-state index in [1.165, 1.54) is 5.56 Å². The maximum atomic E-state index is 13.4. The van der Waals surface area contributed by atoms with Crippen LogP contribution in [-0.2, 0) is 10.0 Å². The monoisotopic (exact) mass is 406 g/mol. The predicted molar refractivity (Wildman–Crippen MR) is 113 cm³/mol. The Bertz CT molecular complexity index is 932. The van der Waals surface area contributed by atoms with Crippen LogP contribution in [-0.4, -0.2) is 38.9 Å². The van der Waals surface area contributed by atoms with Crippen LogP contribution in [0.2, 0.25) is 5.02 Å². The molecule has 0 unspecified atom stereocenters. The molecule has 146 valence electrons. The first kappa shape index (κ1) is 20.2. The molecule has 0 radical (unpaired) electrons. The highest BCUT2D eigenvalue weighted by atomic mass is 35.5. The van der Waals surface area contributed by atoms with Crippen molar-refractivity contribution in [2.75, 3.05) is 31.1 Å². The van der Waals surface area contributed by atoms with Gasteiger partial charge in [-0.15, -0.1) is 0 Å². The number of hydrogen-bond acceptors (Lipinski definition) is 3. The molecule has 1 fully saturated rings. The van der Waals surface area contributed by atoms with E-state index in [4.69, 9.17) is 11.6 Å². The molecule has 3 rings (SSSR count). The Morgan fingerprint density at radius 1 is 0.741 bits per heavy atom. The number of rotatable bonds is 3. The quantitative estimate of drug-likeness (QED) is 0.758. The minimum absolute atomic E-state index is 0.482. The SMILES string of the molecule is Cc1c(C)c(C)c(S(=O)(=O)N2CCN(c3ccc(Cl)cc3)CC2)c(C)c1C. The van der Waals surface area contributed by atoms with E-state index < -0.39 is 10.0 Å². The van der Waals surface area contributed by atoms with Gasteiger partial charge in [-0.2, -0.15) is 4.31 Å². The first-order chi connectivity index (χ1) is 12.6. The Hall–Kier alpha value is -1.56. The summed E-state index contributed by atoms with van der Waals surface area (Å²) in [6.07, 6.45) is 0. The third-order valence-electron chi connectivity index (χ3n) is 5.96. The van der Waals surface area contributed by atoms with Gasteiger partial charge in [0.1, 0.15) is 0 Å². The second kappa shape index (κ2) is 7.46. The minimum Gasteiger partial charge on any atom is -0.369 e. The van der Waals surface area contributed by atoms with Gasteiger partial charge in [-0.05, 0) is 86.7 Å². The van der Waals surface area contributed by atoms with Crippen LogP contribution in [0.15, 0.2) is 29.2 Å². The first-order valence-electron chi connectivity index (χ1n) is 9.22. The molecule has 0 bridgehead atoms. The second-order valence-corrected chi connectivity index (χ2v) is 9.63. The maximum Gasteiger partial charge on any atom is 0.243 e. The Balaban J connectivity index is 1.87. The van der Waals surface area contributed by atoms with E-state index in [9.17, 15) is 8.42 Å². The van der Waals surface area contributed by atoms with E-state index in [2.05, 4.69) is 11.8 Å². The van der Waals surface area contributed by atoms with Gasteiger partial charge in [0.15, 0.2) is 0 Å². The molecular weight excluding hydrogens is 380 g/mol. The molecule has 0 amide bonds. The molecule has 0 aliphatic carbocycles. The average molecular weight is 407 g/mol. The van der Waals surface area contributed by atoms with Crippen LogP contribution in [0.4, 0.5) is 5.69 Å². The minimum atomic E-state index is -3.51. The zero-order chi connectivity index (χ0) is 19.9. The van der Waals surface area contributed by atoms with Crippen LogP contribution in [0, 0.1) is 34.6 Å². The molecule has 0 aromatic heterocycles. The zero-order valence-corrected chi connectivity index (χ0v) is 18.2. The second-order valence-electron chi connectivity index (χ2n) is 7.32. The number of anilines is 1. The van der Waals surface area contributed by atoms with Gasteiger partial charge >= 0.3 is 0 Å². The molecular formula is C21H27ClN2O2S. The number of hydrogen-bond donors (Lipinski definition) is 0. The molecule has 2 aromatic carbocycles. The highest BCUT2D eigenvalue weighted by Crippen LogP contribution is 2.32. The summed E-state index contributed by atoms with van der Waals surface area (Å²) in [5.41, 5.74) is 6.13. The van der Waals surface area contributed by atoms with E-state index in [-0.39, 0.29) is 0 Å². The molecule has 0 spiro atoms. The molecule has 6 heteroatoms. The van der Waals surface area contributed by atoms with E-state index in [0.29, 0.717) is 36.1 Å². The van der Waals surface area contributed by atoms with Gasteiger partial charge in [-0.3, -0.25) is 0 Å². The molecule has 1 aliphatic rings. The summed E-state index contributed by atoms with van der Waals surface area (Å²) in [4.78, 5) is 2.69. The van der Waals surface area contributed by atoms with Crippen molar-refractivity contribution in [1.29, 1.82) is 0 Å². The van der Waals surface area contributed by atoms with Gasteiger partial charge < -0.3 is 4.90 Å². The number of halogens is 1. The fourth-order valence-electron chi connectivity index (χ4n) is 3.82. The number of piperazine rings is 1. The van der Waals surface area contributed by atoms with E-state index in [1.807, 2.05) is 52.0 Å². The van der Waals surface area contributed by atoms with Crippen molar-refractivity contribution in [1.82, 2.24) is 4.31 Å². The fraction of sp³-hybridized carbons (Fsp3) is 0.429. The fourth-order valence-corrected chi connectivity index (χ4v) is 5.93. The Kier molecular flexibility index (Phi) is 5.57. The topological polar surface area (TPSA) is 40.6 Å². The lowest BCUT2D eigenvalue weighted by Gasteiger charge is -2.36. The number of sulfonamides is 1. The van der Waals surface area contributed by atoms with Crippen LogP contribution < -0.4 is 4.90 Å². The summed E-state index contributed by atoms with van der Waals surface area (Å²) in [6.45, 7) is 12.2. The van der Waals surface area contributed by atoms with E-state index in [1.54, 1.807) is 4.31 Å². The largest absolute Gasteiger partial charge is 0.369 e. The summed E-state index contributed by atoms with van der Waals surface area (Å²) >= 11 is 5.96. The summed E-state index contributed by atoms with van der Waals surface area (Å²) < 4.78 is 28.5. The summed E-state index contributed by atoms with van der Waals surface area (Å²) in [5.74, 6) is 0. The van der Waals surface area contributed by atoms with Crippen LogP contribution in [0.3, 0.4) is 0 Å². The molecule has 2 aromatic rings. The lowest BCUT2D eigenvalue weighted by Crippen LogP contribution is -2.49. The van der Waals surface area contributed by atoms with Gasteiger partial charge in [0, 0.05) is 36.9 Å². The maximum absolute atomic E-state index is 13.4. The molecule has 1 aliphatic heterocycles. The Morgan fingerprint density at radius 2 is 1.19 bits per heavy atom. The van der Waals surface area contributed by atoms with Crippen LogP contribution in [0.25, 0.3) is 0 Å². The van der Waals surface area contributed by atoms with Crippen molar-refractivity contribution in [3.63, 3.8) is 0 Å². The van der Waals surface area contributed by atoms with Crippen LogP contribution in [0.5, 0.6) is 0 Å². The summed E-state index contributed by atoms with van der Waals surface area (Å²) in [5, 5.41) is 0.705. The summed E-state index contributed by atoms with van der Waals surface area (Å²) in [6, 6.07) is 7.69. The van der Waals surface area contributed by atoms with Crippen molar-refractivity contribution in [3.8, 4) is 0 Å². The van der Waals surface area contributed by atoms with Crippen LogP contribution >= 0.6 is 11.6 Å². The standard InChI is InChI=1S/C21H27ClN2O2S/c1-14-15(2)17(4)21(18(5)16(14)3)27(25,26)24-12-10-23(11-13-24)20-8-6-19(22)7-9-20/h6-9H,10-13H2,1-5H3. The Morgan fingerprint density at radius 3 is 1.67 bits per heavy atom. The lowest BCUT2D eigenvalue weighted by atomic mass is 9.95. The summed E-state index contributed by atoms with van der Waals surface area (Å²) in [7, 11) is -3.51. The first-order valence-corrected chi connectivity index (χ1v) is 11.0. The number of benzene rings is 2. The smallest absolute Gasteiger partial charge is 0.243 e. The third-order valence-corrected chi connectivity index (χ3v) is 8.38. The van der Waals surface area contributed by atoms with E-state index in [0.717, 1.165) is 27.9 Å². The van der Waals surface area contributed by atoms with Gasteiger partial charge in [0.05, 0.1) is 4.90 Å². The normalized spacial score (nSPS) is 16.0. The molecule has 0 N–H and O–H groups in total. The van der Waals surface area contributed by atoms with Crippen molar-refractivity contribution in [3.05, 3.63) is 57.1 Å². The third kappa shape index (κ3) is 3.60. The highest BCUT2D eigenvalue weighted by molar-refractivity contribution is 7.89. The van der Waals surface area contributed by atoms with Gasteiger partial charge in [-0.1, -0.05) is 11.6 Å². The Labute approximate surface area is 167 Å². The van der Waals surface area contributed by atoms with Crippen LogP contribution in [0.1, 0.15) is 27.8 Å². The highest BCUT2D eigenvalue weighted by Gasteiger charge is 2.32. The van der Waals surface area contributed by atoms with Crippen molar-refractivity contribution >= 4 is 27.3 Å². The molecule has 1 saturated heterocycles. The van der Waals surface area contributed by atoms with Crippen molar-refractivity contribution < 1.29 is 8.42 Å². The lowest BCUT2D eigenvalue weighted by molar-refractivity contribution is 0.384. The van der Waals surface area contributed by atoms with Crippen molar-refractivity contribution in [2.45, 2.75) is 39.5 Å². The average Bonchev–Trinajstić information content (AvgIpc) is 2.65. The molecule has 1 heterocycles. The van der Waals surface area contributed by atoms with Gasteiger partial charge in [-0.25, -0.2) is 8.42 Å². The molecule has 4 nitrogen and oxygen atoms in total. The molecule has 0 atom stereocenters. The predicted octanol–water partition coefficient (Wildman–Crippen LogP) is 4.39. The van der Waals surface area contributed by atoms with Gasteiger partial charge in [0.2, 0.25) is 10.0 Å². The number of nitrogens with zero attached hydrogens (tertiary/aromatic N) is 2. The van der Waals surface area contributed by atoms with E-state index >= 15 is 0 Å².